The van der Waals surface area contributed by atoms with E-state index in [1.807, 2.05) is 6.07 Å². The number of rotatable bonds is 1. The Morgan fingerprint density at radius 3 is 2.68 bits per heavy atom. The minimum absolute atomic E-state index is 0.0285. The van der Waals surface area contributed by atoms with Crippen LogP contribution in [0.4, 0.5) is 0 Å². The van der Waals surface area contributed by atoms with Crippen LogP contribution in [-0.4, -0.2) is 22.9 Å². The highest BCUT2D eigenvalue weighted by Crippen LogP contribution is 2.77. The topological polar surface area (TPSA) is 63.0 Å². The molecule has 4 heteroatoms. The van der Waals surface area contributed by atoms with Crippen LogP contribution in [0.15, 0.2) is 27.6 Å². The second-order valence-electron chi connectivity index (χ2n) is 11.0. The van der Waals surface area contributed by atoms with E-state index in [4.69, 9.17) is 9.15 Å². The molecule has 1 aliphatic heterocycles. The zero-order valence-electron chi connectivity index (χ0n) is 17.0. The van der Waals surface area contributed by atoms with E-state index in [0.29, 0.717) is 29.3 Å². The van der Waals surface area contributed by atoms with E-state index in [1.165, 1.54) is 37.7 Å². The summed E-state index contributed by atoms with van der Waals surface area (Å²) in [5, 5.41) is 10.2. The third-order valence-corrected chi connectivity index (χ3v) is 10.2. The maximum absolute atomic E-state index is 11.4. The Morgan fingerprint density at radius 1 is 1.04 bits per heavy atom. The summed E-state index contributed by atoms with van der Waals surface area (Å²) < 4.78 is 11.8. The molecule has 0 amide bonds. The van der Waals surface area contributed by atoms with E-state index in [9.17, 15) is 9.90 Å². The zero-order chi connectivity index (χ0) is 19.3. The lowest BCUT2D eigenvalue weighted by molar-refractivity contribution is -0.139. The SMILES string of the molecule is C[C@]12CC[C@H](O)C[C@H]1CCC1C2CC[C@]2(C)[C@@H](c3ccc(=O)oc3)C[C@H]3OC132. The normalized spacial score (nSPS) is 54.2. The van der Waals surface area contributed by atoms with Gasteiger partial charge in [-0.25, -0.2) is 4.79 Å². The molecule has 28 heavy (non-hydrogen) atoms. The van der Waals surface area contributed by atoms with Crippen molar-refractivity contribution in [1.82, 2.24) is 0 Å². The Bertz CT molecular complexity index is 842. The van der Waals surface area contributed by atoms with Gasteiger partial charge in [-0.05, 0) is 92.1 Å². The van der Waals surface area contributed by atoms with Gasteiger partial charge in [-0.2, -0.15) is 0 Å². The zero-order valence-corrected chi connectivity index (χ0v) is 17.0. The van der Waals surface area contributed by atoms with Crippen LogP contribution in [0, 0.1) is 28.6 Å². The summed E-state index contributed by atoms with van der Waals surface area (Å²) in [6.45, 7) is 4.97. The molecular weight excluding hydrogens is 352 g/mol. The highest BCUT2D eigenvalue weighted by molar-refractivity contribution is 5.35. The van der Waals surface area contributed by atoms with Gasteiger partial charge >= 0.3 is 5.63 Å². The largest absolute Gasteiger partial charge is 0.431 e. The summed E-state index contributed by atoms with van der Waals surface area (Å²) in [5.74, 6) is 2.48. The molecule has 5 aliphatic rings. The summed E-state index contributed by atoms with van der Waals surface area (Å²) in [7, 11) is 0. The number of hydrogen-bond donors (Lipinski definition) is 1. The van der Waals surface area contributed by atoms with Crippen LogP contribution < -0.4 is 5.63 Å². The van der Waals surface area contributed by atoms with Gasteiger partial charge in [0.15, 0.2) is 0 Å². The summed E-state index contributed by atoms with van der Waals surface area (Å²) in [6.07, 6.45) is 11.1. The molecule has 0 bridgehead atoms. The standard InChI is InChI=1S/C24H32O4/c1-22-9-7-16(25)11-15(22)4-5-18-17(22)8-10-23(2)19(12-20-24(18,23)28-20)14-3-6-21(26)27-13-14/h3,6,13,15-20,25H,4-5,7-12H2,1-2H3/t15-,16+,17?,18?,19-,20-,22+,23-,24?/m1/s1. The molecule has 1 N–H and O–H groups in total. The Labute approximate surface area is 166 Å². The lowest BCUT2D eigenvalue weighted by Gasteiger charge is -2.61. The summed E-state index contributed by atoms with van der Waals surface area (Å²) in [6, 6.07) is 3.55. The molecule has 9 atom stereocenters. The molecule has 1 saturated heterocycles. The van der Waals surface area contributed by atoms with Crippen LogP contribution in [0.2, 0.25) is 0 Å². The van der Waals surface area contributed by atoms with E-state index in [0.717, 1.165) is 25.2 Å². The second kappa shape index (κ2) is 5.51. The van der Waals surface area contributed by atoms with Gasteiger partial charge in [0.05, 0.1) is 18.5 Å². The molecule has 0 aromatic carbocycles. The van der Waals surface area contributed by atoms with Crippen molar-refractivity contribution in [2.45, 2.75) is 88.9 Å². The molecule has 3 unspecified atom stereocenters. The molecule has 4 nitrogen and oxygen atoms in total. The van der Waals surface area contributed by atoms with Gasteiger partial charge in [-0.3, -0.25) is 0 Å². The fraction of sp³-hybridized carbons (Fsp3) is 0.792. The van der Waals surface area contributed by atoms with Gasteiger partial charge in [-0.1, -0.05) is 13.8 Å². The Balaban J connectivity index is 1.36. The molecule has 1 aromatic heterocycles. The number of fused-ring (bicyclic) bond motifs is 3. The first kappa shape index (κ1) is 17.7. The molecule has 4 aliphatic carbocycles. The van der Waals surface area contributed by atoms with Gasteiger partial charge in [-0.15, -0.1) is 0 Å². The van der Waals surface area contributed by atoms with Crippen LogP contribution in [0.3, 0.4) is 0 Å². The molecular formula is C24H32O4. The predicted octanol–water partition coefficient (Wildman–Crippen LogP) is 4.26. The molecule has 1 spiro atoms. The van der Waals surface area contributed by atoms with Gasteiger partial charge in [0.25, 0.3) is 0 Å². The lowest BCUT2D eigenvalue weighted by Crippen LogP contribution is -2.58. The molecule has 2 heterocycles. The van der Waals surface area contributed by atoms with E-state index in [2.05, 4.69) is 13.8 Å². The van der Waals surface area contributed by atoms with Crippen molar-refractivity contribution in [2.24, 2.45) is 28.6 Å². The highest BCUT2D eigenvalue weighted by atomic mass is 16.6. The van der Waals surface area contributed by atoms with Crippen LogP contribution in [-0.2, 0) is 4.74 Å². The highest BCUT2D eigenvalue weighted by Gasteiger charge is 2.80. The fourth-order valence-corrected chi connectivity index (χ4v) is 8.74. The minimum atomic E-state index is -0.266. The van der Waals surface area contributed by atoms with Gasteiger partial charge in [0.2, 0.25) is 0 Å². The second-order valence-corrected chi connectivity index (χ2v) is 11.0. The van der Waals surface area contributed by atoms with E-state index in [1.54, 1.807) is 12.3 Å². The average Bonchev–Trinajstić information content (AvgIpc) is 3.33. The Morgan fingerprint density at radius 2 is 1.89 bits per heavy atom. The van der Waals surface area contributed by atoms with E-state index in [-0.39, 0.29) is 22.7 Å². The van der Waals surface area contributed by atoms with Crippen molar-refractivity contribution in [2.75, 3.05) is 0 Å². The van der Waals surface area contributed by atoms with Crippen molar-refractivity contribution < 1.29 is 14.3 Å². The number of epoxide rings is 1. The van der Waals surface area contributed by atoms with Crippen LogP contribution in [0.5, 0.6) is 0 Å². The first-order chi connectivity index (χ1) is 13.4. The smallest absolute Gasteiger partial charge is 0.335 e. The average molecular weight is 385 g/mol. The maximum atomic E-state index is 11.4. The molecule has 5 fully saturated rings. The molecule has 152 valence electrons. The summed E-state index contributed by atoms with van der Waals surface area (Å²) in [4.78, 5) is 11.4. The fourth-order valence-electron chi connectivity index (χ4n) is 8.74. The molecule has 4 saturated carbocycles. The minimum Gasteiger partial charge on any atom is -0.431 e. The lowest BCUT2D eigenvalue weighted by atomic mass is 9.44. The van der Waals surface area contributed by atoms with Crippen molar-refractivity contribution in [3.05, 3.63) is 34.4 Å². The molecule has 0 radical (unpaired) electrons. The maximum Gasteiger partial charge on any atom is 0.335 e. The first-order valence-corrected chi connectivity index (χ1v) is 11.3. The molecule has 1 aromatic rings. The third-order valence-electron chi connectivity index (χ3n) is 10.2. The number of ether oxygens (including phenoxy) is 1. The number of aliphatic hydroxyl groups excluding tert-OH is 1. The predicted molar refractivity (Wildman–Crippen MR) is 105 cm³/mol. The quantitative estimate of drug-likeness (QED) is 0.735. The van der Waals surface area contributed by atoms with Crippen molar-refractivity contribution in [3.8, 4) is 0 Å². The van der Waals surface area contributed by atoms with Gasteiger partial charge in [0.1, 0.15) is 5.60 Å². The van der Waals surface area contributed by atoms with Crippen LogP contribution >= 0.6 is 0 Å². The van der Waals surface area contributed by atoms with E-state index < -0.39 is 0 Å². The van der Waals surface area contributed by atoms with Crippen LogP contribution in [0.25, 0.3) is 0 Å². The van der Waals surface area contributed by atoms with Crippen molar-refractivity contribution in [3.63, 3.8) is 0 Å². The van der Waals surface area contributed by atoms with Crippen molar-refractivity contribution >= 4 is 0 Å². The monoisotopic (exact) mass is 384 g/mol. The Hall–Kier alpha value is -1.13. The van der Waals surface area contributed by atoms with Gasteiger partial charge in [0, 0.05) is 11.5 Å². The third kappa shape index (κ3) is 2.01. The number of aliphatic hydroxyl groups is 1. The van der Waals surface area contributed by atoms with E-state index >= 15 is 0 Å². The van der Waals surface area contributed by atoms with Gasteiger partial charge < -0.3 is 14.3 Å². The summed E-state index contributed by atoms with van der Waals surface area (Å²) >= 11 is 0. The summed E-state index contributed by atoms with van der Waals surface area (Å²) in [5.41, 5.74) is 1.44. The first-order valence-electron chi connectivity index (χ1n) is 11.3. The van der Waals surface area contributed by atoms with Crippen LogP contribution in [0.1, 0.15) is 76.7 Å². The molecule has 6 rings (SSSR count). The Kier molecular flexibility index (Phi) is 3.49. The van der Waals surface area contributed by atoms with Crippen molar-refractivity contribution in [1.29, 1.82) is 0 Å². The number of hydrogen-bond acceptors (Lipinski definition) is 4.